The van der Waals surface area contributed by atoms with Crippen LogP contribution in [0.4, 0.5) is 11.5 Å². The second-order valence-electron chi connectivity index (χ2n) is 8.02. The number of carbonyl (C=O) groups is 1. The van der Waals surface area contributed by atoms with Gasteiger partial charge in [-0.1, -0.05) is 6.07 Å². The Balaban J connectivity index is 1.24. The molecule has 0 unspecified atom stereocenters. The number of aromatic nitrogens is 4. The zero-order valence-corrected chi connectivity index (χ0v) is 20.1. The summed E-state index contributed by atoms with van der Waals surface area (Å²) in [5, 5.41) is 5.60. The van der Waals surface area contributed by atoms with Crippen LogP contribution in [0, 0.1) is 0 Å². The number of pyridine rings is 1. The fourth-order valence-corrected chi connectivity index (χ4v) is 4.52. The minimum absolute atomic E-state index is 0.112. The van der Waals surface area contributed by atoms with E-state index in [1.807, 2.05) is 35.7 Å². The van der Waals surface area contributed by atoms with Gasteiger partial charge in [-0.2, -0.15) is 0 Å². The number of hydrogen-bond donors (Lipinski definition) is 1. The van der Waals surface area contributed by atoms with Crippen molar-refractivity contribution in [3.63, 3.8) is 0 Å². The van der Waals surface area contributed by atoms with Crippen LogP contribution in [0.3, 0.4) is 0 Å². The summed E-state index contributed by atoms with van der Waals surface area (Å²) in [6, 6.07) is 15.4. The number of carbonyl (C=O) groups excluding carboxylic acids is 1. The molecule has 1 fully saturated rings. The van der Waals surface area contributed by atoms with E-state index in [4.69, 9.17) is 4.74 Å². The van der Waals surface area contributed by atoms with Crippen LogP contribution in [-0.4, -0.2) is 70.6 Å². The van der Waals surface area contributed by atoms with Crippen molar-refractivity contribution in [2.24, 2.45) is 0 Å². The summed E-state index contributed by atoms with van der Waals surface area (Å²) in [6.07, 6.45) is 3.42. The number of nitrogens with zero attached hydrogens (tertiary/aromatic N) is 6. The molecule has 5 rings (SSSR count). The lowest BCUT2D eigenvalue weighted by Crippen LogP contribution is -2.48. The Hall–Kier alpha value is -3.89. The van der Waals surface area contributed by atoms with Crippen molar-refractivity contribution in [2.45, 2.75) is 0 Å². The van der Waals surface area contributed by atoms with Gasteiger partial charge in [0.25, 0.3) is 0 Å². The SMILES string of the molecule is COc1ccc(N2CCN(CC(=O)Nc3cc(-c4nccs4)nc(-c4ccccn4)n3)CC2)cc1. The summed E-state index contributed by atoms with van der Waals surface area (Å²) < 4.78 is 5.24. The molecule has 1 saturated heterocycles. The Labute approximate surface area is 207 Å². The van der Waals surface area contributed by atoms with E-state index in [1.54, 1.807) is 25.6 Å². The van der Waals surface area contributed by atoms with Gasteiger partial charge in [-0.25, -0.2) is 15.0 Å². The number of methoxy groups -OCH3 is 1. The van der Waals surface area contributed by atoms with Gasteiger partial charge >= 0.3 is 0 Å². The third kappa shape index (κ3) is 5.61. The van der Waals surface area contributed by atoms with E-state index in [9.17, 15) is 4.79 Å². The molecule has 1 amide bonds. The zero-order chi connectivity index (χ0) is 24.0. The molecule has 4 aromatic rings. The first-order valence-corrected chi connectivity index (χ1v) is 12.2. The largest absolute Gasteiger partial charge is 0.497 e. The van der Waals surface area contributed by atoms with E-state index < -0.39 is 0 Å². The maximum atomic E-state index is 12.9. The highest BCUT2D eigenvalue weighted by molar-refractivity contribution is 7.13. The third-order valence-electron chi connectivity index (χ3n) is 5.72. The molecular weight excluding hydrogens is 462 g/mol. The highest BCUT2D eigenvalue weighted by Crippen LogP contribution is 2.25. The lowest BCUT2D eigenvalue weighted by molar-refractivity contribution is -0.117. The first-order chi connectivity index (χ1) is 17.2. The number of hydrogen-bond acceptors (Lipinski definition) is 9. The van der Waals surface area contributed by atoms with Crippen molar-refractivity contribution in [3.05, 3.63) is 66.3 Å². The summed E-state index contributed by atoms with van der Waals surface area (Å²) in [5.74, 6) is 1.62. The Bertz CT molecular complexity index is 1260. The average molecular weight is 488 g/mol. The number of thiazole rings is 1. The predicted molar refractivity (Wildman–Crippen MR) is 137 cm³/mol. The summed E-state index contributed by atoms with van der Waals surface area (Å²) in [6.45, 7) is 3.60. The second-order valence-corrected chi connectivity index (χ2v) is 8.92. The number of rotatable bonds is 7. The first-order valence-electron chi connectivity index (χ1n) is 11.3. The quantitative estimate of drug-likeness (QED) is 0.424. The van der Waals surface area contributed by atoms with Crippen LogP contribution in [0.25, 0.3) is 22.2 Å². The fraction of sp³-hybridized carbons (Fsp3) is 0.240. The lowest BCUT2D eigenvalue weighted by atomic mass is 10.2. The van der Waals surface area contributed by atoms with Gasteiger partial charge in [0.05, 0.1) is 13.7 Å². The Morgan fingerprint density at radius 2 is 1.83 bits per heavy atom. The molecule has 0 spiro atoms. The number of benzene rings is 1. The number of anilines is 2. The van der Waals surface area contributed by atoms with Gasteiger partial charge in [0.2, 0.25) is 5.91 Å². The van der Waals surface area contributed by atoms with Crippen LogP contribution >= 0.6 is 11.3 Å². The van der Waals surface area contributed by atoms with Crippen molar-refractivity contribution in [1.82, 2.24) is 24.8 Å². The lowest BCUT2D eigenvalue weighted by Gasteiger charge is -2.35. The van der Waals surface area contributed by atoms with E-state index in [2.05, 4.69) is 47.2 Å². The molecular formula is C25H25N7O2S. The van der Waals surface area contributed by atoms with Gasteiger partial charge in [-0.15, -0.1) is 11.3 Å². The van der Waals surface area contributed by atoms with Gasteiger partial charge in [0, 0.05) is 55.7 Å². The van der Waals surface area contributed by atoms with E-state index in [-0.39, 0.29) is 5.91 Å². The van der Waals surface area contributed by atoms with Crippen LogP contribution < -0.4 is 15.0 Å². The highest BCUT2D eigenvalue weighted by Gasteiger charge is 2.20. The number of amides is 1. The summed E-state index contributed by atoms with van der Waals surface area (Å²) in [4.78, 5) is 35.2. The molecule has 9 nitrogen and oxygen atoms in total. The fourth-order valence-electron chi connectivity index (χ4n) is 3.92. The van der Waals surface area contributed by atoms with Crippen LogP contribution in [0.2, 0.25) is 0 Å². The van der Waals surface area contributed by atoms with Gasteiger partial charge < -0.3 is 15.0 Å². The monoisotopic (exact) mass is 487 g/mol. The molecule has 1 aromatic carbocycles. The molecule has 3 aromatic heterocycles. The predicted octanol–water partition coefficient (Wildman–Crippen LogP) is 3.43. The van der Waals surface area contributed by atoms with Crippen LogP contribution in [0.1, 0.15) is 0 Å². The second kappa shape index (κ2) is 10.6. The standard InChI is InChI=1S/C25H25N7O2S/c1-34-19-7-5-18(6-8-19)32-13-11-31(12-14-32)17-23(33)29-22-16-21(25-27-10-15-35-25)28-24(30-22)20-4-2-3-9-26-20/h2-10,15-16H,11-14,17H2,1H3,(H,28,29,30,33). The molecule has 0 saturated carbocycles. The summed E-state index contributed by atoms with van der Waals surface area (Å²) in [5.41, 5.74) is 2.45. The van der Waals surface area contributed by atoms with E-state index in [0.717, 1.165) is 42.6 Å². The topological polar surface area (TPSA) is 96.4 Å². The van der Waals surface area contributed by atoms with Crippen LogP contribution in [-0.2, 0) is 4.79 Å². The number of nitrogens with one attached hydrogen (secondary N) is 1. The Morgan fingerprint density at radius 1 is 1.00 bits per heavy atom. The van der Waals surface area contributed by atoms with Crippen LogP contribution in [0.5, 0.6) is 5.75 Å². The van der Waals surface area contributed by atoms with Gasteiger partial charge in [0.1, 0.15) is 28.0 Å². The first kappa shape index (κ1) is 22.9. The van der Waals surface area contributed by atoms with Gasteiger partial charge in [-0.05, 0) is 36.4 Å². The van der Waals surface area contributed by atoms with Crippen LogP contribution in [0.15, 0.2) is 66.3 Å². The molecule has 1 N–H and O–H groups in total. The van der Waals surface area contributed by atoms with E-state index in [1.165, 1.54) is 11.3 Å². The smallest absolute Gasteiger partial charge is 0.239 e. The molecule has 0 bridgehead atoms. The Morgan fingerprint density at radius 3 is 2.51 bits per heavy atom. The highest BCUT2D eigenvalue weighted by atomic mass is 32.1. The molecule has 1 aliphatic rings. The molecule has 35 heavy (non-hydrogen) atoms. The van der Waals surface area contributed by atoms with Crippen molar-refractivity contribution in [2.75, 3.05) is 50.1 Å². The van der Waals surface area contributed by atoms with Gasteiger partial charge in [-0.3, -0.25) is 14.7 Å². The molecule has 4 heterocycles. The van der Waals surface area contributed by atoms with Gasteiger partial charge in [0.15, 0.2) is 5.82 Å². The van der Waals surface area contributed by atoms with Crippen molar-refractivity contribution < 1.29 is 9.53 Å². The minimum atomic E-state index is -0.112. The van der Waals surface area contributed by atoms with Crippen molar-refractivity contribution in [1.29, 1.82) is 0 Å². The van der Waals surface area contributed by atoms with E-state index >= 15 is 0 Å². The summed E-state index contributed by atoms with van der Waals surface area (Å²) >= 11 is 1.48. The normalized spacial score (nSPS) is 14.0. The molecule has 178 valence electrons. The minimum Gasteiger partial charge on any atom is -0.497 e. The molecule has 0 atom stereocenters. The molecule has 1 aliphatic heterocycles. The maximum Gasteiger partial charge on any atom is 0.239 e. The maximum absolute atomic E-state index is 12.9. The molecule has 10 heteroatoms. The van der Waals surface area contributed by atoms with Crippen molar-refractivity contribution >= 4 is 28.7 Å². The van der Waals surface area contributed by atoms with E-state index in [0.29, 0.717) is 29.6 Å². The third-order valence-corrected chi connectivity index (χ3v) is 6.51. The molecule has 0 aliphatic carbocycles. The average Bonchev–Trinajstić information content (AvgIpc) is 3.45. The summed E-state index contributed by atoms with van der Waals surface area (Å²) in [7, 11) is 1.67. The van der Waals surface area contributed by atoms with Crippen molar-refractivity contribution in [3.8, 4) is 28.0 Å². The number of piperazine rings is 1. The molecule has 0 radical (unpaired) electrons. The number of ether oxygens (including phenoxy) is 1. The zero-order valence-electron chi connectivity index (χ0n) is 19.3. The Kier molecular flexibility index (Phi) is 6.92.